The molecule has 3 aromatic rings. The Morgan fingerprint density at radius 3 is 2.21 bits per heavy atom. The van der Waals surface area contributed by atoms with Crippen LogP contribution in [-0.2, 0) is 0 Å². The van der Waals surface area contributed by atoms with Crippen molar-refractivity contribution in [2.24, 2.45) is 0 Å². The van der Waals surface area contributed by atoms with Crippen LogP contribution in [0.1, 0.15) is 10.4 Å². The molecule has 3 rings (SSSR count). The lowest BCUT2D eigenvalue weighted by molar-refractivity contribution is 0.102. The lowest BCUT2D eigenvalue weighted by Gasteiger charge is -2.17. The number of carbonyl (C=O) groups is 2. The minimum atomic E-state index is -0.602. The molecule has 28 heavy (non-hydrogen) atoms. The number of urea groups is 1. The molecule has 0 aliphatic rings. The molecular weight excluding hydrogens is 401 g/mol. The fourth-order valence-electron chi connectivity index (χ4n) is 2.38. The van der Waals surface area contributed by atoms with E-state index >= 15 is 0 Å². The zero-order chi connectivity index (χ0) is 20.1. The van der Waals surface area contributed by atoms with Gasteiger partial charge in [-0.25, -0.2) is 13.5 Å². The van der Waals surface area contributed by atoms with Crippen LogP contribution in [0.4, 0.5) is 26.2 Å². The number of carbonyl (C=O) groups excluding carboxylic acids is 2. The number of nitrogens with zero attached hydrogens (tertiary/aromatic N) is 1. The molecule has 0 aliphatic carbocycles. The third-order valence-corrected chi connectivity index (χ3v) is 4.54. The maximum Gasteiger partial charge on any atom is 0.336 e. The normalized spacial score (nSPS) is 10.2. The van der Waals surface area contributed by atoms with Crippen molar-refractivity contribution in [1.29, 1.82) is 0 Å². The number of rotatable bonds is 4. The van der Waals surface area contributed by atoms with E-state index in [9.17, 15) is 14.0 Å². The van der Waals surface area contributed by atoms with Crippen LogP contribution in [0.3, 0.4) is 0 Å². The third kappa shape index (κ3) is 4.62. The molecule has 142 valence electrons. The van der Waals surface area contributed by atoms with Gasteiger partial charge in [0.05, 0.1) is 22.0 Å². The van der Waals surface area contributed by atoms with E-state index in [-0.39, 0.29) is 5.56 Å². The van der Waals surface area contributed by atoms with E-state index in [2.05, 4.69) is 23.4 Å². The number of amides is 3. The van der Waals surface area contributed by atoms with Crippen LogP contribution in [0.2, 0.25) is 5.02 Å². The van der Waals surface area contributed by atoms with Crippen LogP contribution < -0.4 is 14.9 Å². The van der Waals surface area contributed by atoms with Crippen LogP contribution in [0.15, 0.2) is 72.8 Å². The molecule has 0 aliphatic heterocycles. The van der Waals surface area contributed by atoms with E-state index in [0.29, 0.717) is 22.1 Å². The van der Waals surface area contributed by atoms with Gasteiger partial charge in [0.25, 0.3) is 5.91 Å². The predicted octanol–water partition coefficient (Wildman–Crippen LogP) is 5.61. The largest absolute Gasteiger partial charge is 0.336 e. The second-order valence-electron chi connectivity index (χ2n) is 5.70. The summed E-state index contributed by atoms with van der Waals surface area (Å²) in [5.74, 6) is -1.17. The molecule has 0 atom stereocenters. The number of halogens is 2. The van der Waals surface area contributed by atoms with Crippen molar-refractivity contribution in [3.63, 3.8) is 0 Å². The zero-order valence-electron chi connectivity index (χ0n) is 14.4. The summed E-state index contributed by atoms with van der Waals surface area (Å²) < 4.78 is 14.8. The Hall–Kier alpha value is -3.03. The Labute approximate surface area is 171 Å². The van der Waals surface area contributed by atoms with Crippen LogP contribution in [0.25, 0.3) is 0 Å². The highest BCUT2D eigenvalue weighted by molar-refractivity contribution is 7.82. The quantitative estimate of drug-likeness (QED) is 0.484. The minimum absolute atomic E-state index is 0.0542. The summed E-state index contributed by atoms with van der Waals surface area (Å²) in [5.41, 5.74) is 1.32. The second-order valence-corrected chi connectivity index (χ2v) is 6.51. The van der Waals surface area contributed by atoms with Crippen molar-refractivity contribution < 1.29 is 14.0 Å². The number of hydrogen-bond donors (Lipinski definition) is 3. The molecule has 0 saturated carbocycles. The summed E-state index contributed by atoms with van der Waals surface area (Å²) >= 11 is 10.2. The molecule has 3 aromatic carbocycles. The molecule has 0 fully saturated rings. The first kappa shape index (κ1) is 19.7. The van der Waals surface area contributed by atoms with E-state index < -0.39 is 17.8 Å². The standard InChI is InChI=1S/C20H15ClFN3O2S/c21-16-6-2-4-8-18(16)24-20(27)25(28)14-11-9-13(10-12-14)23-19(26)15-5-1-3-7-17(15)22/h1-12,28H,(H,23,26)(H,24,27). The molecule has 0 saturated heterocycles. The van der Waals surface area contributed by atoms with Gasteiger partial charge < -0.3 is 10.6 Å². The molecule has 2 N–H and O–H groups in total. The number of anilines is 3. The Kier molecular flexibility index (Phi) is 6.18. The molecule has 3 amide bonds. The van der Waals surface area contributed by atoms with Crippen molar-refractivity contribution >= 4 is 53.4 Å². The Morgan fingerprint density at radius 1 is 0.893 bits per heavy atom. The summed E-state index contributed by atoms with van der Waals surface area (Å²) in [7, 11) is 0. The van der Waals surface area contributed by atoms with Gasteiger partial charge in [0.15, 0.2) is 0 Å². The lowest BCUT2D eigenvalue weighted by Crippen LogP contribution is -2.26. The molecule has 0 heterocycles. The van der Waals surface area contributed by atoms with Gasteiger partial charge in [0.1, 0.15) is 5.82 Å². The van der Waals surface area contributed by atoms with Crippen LogP contribution in [0.5, 0.6) is 0 Å². The molecule has 8 heteroatoms. The van der Waals surface area contributed by atoms with Crippen molar-refractivity contribution in [3.8, 4) is 0 Å². The van der Waals surface area contributed by atoms with Gasteiger partial charge in [0, 0.05) is 5.69 Å². The summed E-state index contributed by atoms with van der Waals surface area (Å²) in [6.07, 6.45) is 0. The fraction of sp³-hybridized carbons (Fsp3) is 0. The molecule has 0 bridgehead atoms. The molecule has 5 nitrogen and oxygen atoms in total. The van der Waals surface area contributed by atoms with E-state index in [1.807, 2.05) is 0 Å². The van der Waals surface area contributed by atoms with Gasteiger partial charge in [-0.2, -0.15) is 0 Å². The highest BCUT2D eigenvalue weighted by Crippen LogP contribution is 2.24. The maximum absolute atomic E-state index is 13.7. The summed E-state index contributed by atoms with van der Waals surface area (Å²) in [6.45, 7) is 0. The average Bonchev–Trinajstić information content (AvgIpc) is 2.70. The van der Waals surface area contributed by atoms with E-state index in [1.165, 1.54) is 18.2 Å². The first-order chi connectivity index (χ1) is 13.5. The smallest absolute Gasteiger partial charge is 0.322 e. The number of hydrogen-bond acceptors (Lipinski definition) is 3. The Bertz CT molecular complexity index is 1010. The SMILES string of the molecule is O=C(Nc1ccc(N(S)C(=O)Nc2ccccc2Cl)cc1)c1ccccc1F. The van der Waals surface area contributed by atoms with Crippen LogP contribution in [0, 0.1) is 5.82 Å². The van der Waals surface area contributed by atoms with Gasteiger partial charge in [-0.1, -0.05) is 48.7 Å². The molecule has 0 unspecified atom stereocenters. The zero-order valence-corrected chi connectivity index (χ0v) is 16.0. The highest BCUT2D eigenvalue weighted by Gasteiger charge is 2.15. The number of nitrogens with one attached hydrogen (secondary N) is 2. The van der Waals surface area contributed by atoms with Crippen LogP contribution in [-0.4, -0.2) is 11.9 Å². The van der Waals surface area contributed by atoms with Crippen LogP contribution >= 0.6 is 24.4 Å². The van der Waals surface area contributed by atoms with Gasteiger partial charge in [-0.15, -0.1) is 0 Å². The van der Waals surface area contributed by atoms with Crippen molar-refractivity contribution in [1.82, 2.24) is 0 Å². The summed E-state index contributed by atoms with van der Waals surface area (Å²) in [6, 6.07) is 18.4. The molecular formula is C20H15ClFN3O2S. The maximum atomic E-state index is 13.7. The minimum Gasteiger partial charge on any atom is -0.322 e. The predicted molar refractivity (Wildman–Crippen MR) is 113 cm³/mol. The first-order valence-corrected chi connectivity index (χ1v) is 8.94. The average molecular weight is 416 g/mol. The molecule has 0 radical (unpaired) electrons. The first-order valence-electron chi connectivity index (χ1n) is 8.16. The van der Waals surface area contributed by atoms with E-state index in [0.717, 1.165) is 4.31 Å². The fourth-order valence-corrected chi connectivity index (χ4v) is 2.74. The number of para-hydroxylation sites is 1. The number of thiol groups is 1. The van der Waals surface area contributed by atoms with Gasteiger partial charge in [-0.3, -0.25) is 4.79 Å². The molecule has 0 spiro atoms. The monoisotopic (exact) mass is 415 g/mol. The topological polar surface area (TPSA) is 61.4 Å². The second kappa shape index (κ2) is 8.77. The van der Waals surface area contributed by atoms with E-state index in [1.54, 1.807) is 54.6 Å². The summed E-state index contributed by atoms with van der Waals surface area (Å²) in [4.78, 5) is 24.5. The van der Waals surface area contributed by atoms with Gasteiger partial charge >= 0.3 is 6.03 Å². The Balaban J connectivity index is 1.66. The van der Waals surface area contributed by atoms with Gasteiger partial charge in [0.2, 0.25) is 0 Å². The van der Waals surface area contributed by atoms with Crippen molar-refractivity contribution in [3.05, 3.63) is 89.2 Å². The molecule has 0 aromatic heterocycles. The Morgan fingerprint density at radius 2 is 1.54 bits per heavy atom. The van der Waals surface area contributed by atoms with Gasteiger partial charge in [-0.05, 0) is 48.5 Å². The lowest BCUT2D eigenvalue weighted by atomic mass is 10.2. The summed E-state index contributed by atoms with van der Waals surface area (Å²) in [5, 5.41) is 5.66. The third-order valence-electron chi connectivity index (χ3n) is 3.80. The van der Waals surface area contributed by atoms with Crippen molar-refractivity contribution in [2.75, 3.05) is 14.9 Å². The number of benzene rings is 3. The van der Waals surface area contributed by atoms with E-state index in [4.69, 9.17) is 11.6 Å². The highest BCUT2D eigenvalue weighted by atomic mass is 35.5. The van der Waals surface area contributed by atoms with Crippen molar-refractivity contribution in [2.45, 2.75) is 0 Å².